The second-order valence-electron chi connectivity index (χ2n) is 5.92. The normalized spacial score (nSPS) is 22.9. The van der Waals surface area contributed by atoms with Gasteiger partial charge in [0.2, 0.25) is 0 Å². The van der Waals surface area contributed by atoms with Crippen molar-refractivity contribution in [2.75, 3.05) is 32.7 Å². The molecule has 1 fully saturated rings. The zero-order chi connectivity index (χ0) is 14.4. The van der Waals surface area contributed by atoms with Crippen LogP contribution in [0.1, 0.15) is 38.4 Å². The first-order valence-corrected chi connectivity index (χ1v) is 7.90. The molecule has 3 heteroatoms. The molecule has 0 unspecified atom stereocenters. The molecule has 1 aromatic carbocycles. The molecule has 0 aliphatic carbocycles. The number of piperazine rings is 1. The van der Waals surface area contributed by atoms with Gasteiger partial charge in [0.05, 0.1) is 6.10 Å². The van der Waals surface area contributed by atoms with Crippen molar-refractivity contribution < 1.29 is 5.11 Å². The van der Waals surface area contributed by atoms with E-state index in [1.807, 2.05) is 30.3 Å². The Bertz CT molecular complexity index is 382. The van der Waals surface area contributed by atoms with Gasteiger partial charge in [0.25, 0.3) is 0 Å². The summed E-state index contributed by atoms with van der Waals surface area (Å²) in [6.07, 6.45) is 2.18. The van der Waals surface area contributed by atoms with E-state index in [9.17, 15) is 5.11 Å². The molecule has 1 aliphatic heterocycles. The van der Waals surface area contributed by atoms with Gasteiger partial charge < -0.3 is 10.0 Å². The quantitative estimate of drug-likeness (QED) is 0.865. The summed E-state index contributed by atoms with van der Waals surface area (Å²) < 4.78 is 0. The van der Waals surface area contributed by atoms with E-state index in [-0.39, 0.29) is 6.10 Å². The van der Waals surface area contributed by atoms with E-state index in [4.69, 9.17) is 0 Å². The second kappa shape index (κ2) is 7.77. The average Bonchev–Trinajstić information content (AvgIpc) is 2.48. The fourth-order valence-electron chi connectivity index (χ4n) is 2.93. The number of β-amino-alcohol motifs (C(OH)–C–C–N with tert-alkyl or cyclic N) is 1. The maximum absolute atomic E-state index is 10.3. The molecule has 0 aromatic heterocycles. The van der Waals surface area contributed by atoms with Crippen LogP contribution in [-0.2, 0) is 0 Å². The van der Waals surface area contributed by atoms with E-state index in [0.717, 1.165) is 31.7 Å². The van der Waals surface area contributed by atoms with Crippen molar-refractivity contribution in [2.24, 2.45) is 0 Å². The van der Waals surface area contributed by atoms with Crippen molar-refractivity contribution in [2.45, 2.75) is 38.8 Å². The summed E-state index contributed by atoms with van der Waals surface area (Å²) in [7, 11) is 0. The van der Waals surface area contributed by atoms with Gasteiger partial charge in [0.15, 0.2) is 0 Å². The number of benzene rings is 1. The third-order valence-corrected chi connectivity index (χ3v) is 4.27. The number of unbranched alkanes of at least 4 members (excludes halogenated alkanes) is 1. The largest absolute Gasteiger partial charge is 0.387 e. The Morgan fingerprint density at radius 2 is 2.00 bits per heavy atom. The van der Waals surface area contributed by atoms with Crippen LogP contribution in [0.15, 0.2) is 30.3 Å². The summed E-state index contributed by atoms with van der Waals surface area (Å²) in [6.45, 7) is 9.80. The molecule has 3 nitrogen and oxygen atoms in total. The molecule has 0 saturated carbocycles. The lowest BCUT2D eigenvalue weighted by molar-refractivity contribution is 0.0385. The Morgan fingerprint density at radius 3 is 2.65 bits per heavy atom. The van der Waals surface area contributed by atoms with E-state index < -0.39 is 0 Å². The van der Waals surface area contributed by atoms with Gasteiger partial charge in [-0.25, -0.2) is 0 Å². The monoisotopic (exact) mass is 276 g/mol. The molecule has 1 aliphatic rings. The zero-order valence-corrected chi connectivity index (χ0v) is 12.8. The van der Waals surface area contributed by atoms with Crippen molar-refractivity contribution in [1.82, 2.24) is 9.80 Å². The molecule has 0 bridgehead atoms. The molecule has 20 heavy (non-hydrogen) atoms. The SMILES string of the molecule is CCCCN1CCN(C[C@H](O)c2ccccc2)[C@@H](C)C1. The minimum absolute atomic E-state index is 0.374. The highest BCUT2D eigenvalue weighted by Gasteiger charge is 2.25. The predicted molar refractivity (Wildman–Crippen MR) is 83.8 cm³/mol. The first-order valence-electron chi connectivity index (χ1n) is 7.90. The van der Waals surface area contributed by atoms with Crippen molar-refractivity contribution in [3.63, 3.8) is 0 Å². The van der Waals surface area contributed by atoms with Crippen LogP contribution in [-0.4, -0.2) is 53.7 Å². The summed E-state index contributed by atoms with van der Waals surface area (Å²) in [6, 6.07) is 10.5. The fourth-order valence-corrected chi connectivity index (χ4v) is 2.93. The van der Waals surface area contributed by atoms with Crippen LogP contribution in [0.3, 0.4) is 0 Å². The van der Waals surface area contributed by atoms with E-state index >= 15 is 0 Å². The van der Waals surface area contributed by atoms with Gasteiger partial charge in [-0.15, -0.1) is 0 Å². The van der Waals surface area contributed by atoms with Crippen molar-refractivity contribution in [3.05, 3.63) is 35.9 Å². The lowest BCUT2D eigenvalue weighted by atomic mass is 10.1. The molecule has 1 N–H and O–H groups in total. The van der Waals surface area contributed by atoms with Crippen molar-refractivity contribution in [1.29, 1.82) is 0 Å². The van der Waals surface area contributed by atoms with Crippen LogP contribution in [0, 0.1) is 0 Å². The van der Waals surface area contributed by atoms with Gasteiger partial charge in [-0.3, -0.25) is 4.90 Å². The molecule has 1 saturated heterocycles. The van der Waals surface area contributed by atoms with Crippen LogP contribution in [0.2, 0.25) is 0 Å². The summed E-state index contributed by atoms with van der Waals surface area (Å²) in [5, 5.41) is 10.3. The molecule has 2 rings (SSSR count). The van der Waals surface area contributed by atoms with E-state index in [1.165, 1.54) is 19.4 Å². The van der Waals surface area contributed by atoms with Gasteiger partial charge in [0.1, 0.15) is 0 Å². The molecule has 112 valence electrons. The van der Waals surface area contributed by atoms with Gasteiger partial charge in [-0.2, -0.15) is 0 Å². The van der Waals surface area contributed by atoms with Gasteiger partial charge in [0, 0.05) is 32.2 Å². The van der Waals surface area contributed by atoms with Crippen LogP contribution in [0.25, 0.3) is 0 Å². The predicted octanol–water partition coefficient (Wildman–Crippen LogP) is 2.53. The number of nitrogens with zero attached hydrogens (tertiary/aromatic N) is 2. The minimum Gasteiger partial charge on any atom is -0.387 e. The second-order valence-corrected chi connectivity index (χ2v) is 5.92. The average molecular weight is 276 g/mol. The first kappa shape index (κ1) is 15.5. The number of aliphatic hydroxyl groups excluding tert-OH is 1. The molecule has 0 radical (unpaired) electrons. The lowest BCUT2D eigenvalue weighted by Crippen LogP contribution is -2.52. The Balaban J connectivity index is 1.82. The Kier molecular flexibility index (Phi) is 6.02. The fraction of sp³-hybridized carbons (Fsp3) is 0.647. The Morgan fingerprint density at radius 1 is 1.25 bits per heavy atom. The van der Waals surface area contributed by atoms with Gasteiger partial charge in [-0.1, -0.05) is 43.7 Å². The Labute approximate surface area is 123 Å². The Hall–Kier alpha value is -0.900. The maximum Gasteiger partial charge on any atom is 0.0917 e. The van der Waals surface area contributed by atoms with Crippen LogP contribution >= 0.6 is 0 Å². The molecule has 1 heterocycles. The number of aliphatic hydroxyl groups is 1. The molecule has 2 atom stereocenters. The molecule has 0 amide bonds. The lowest BCUT2D eigenvalue weighted by Gasteiger charge is -2.40. The first-order chi connectivity index (χ1) is 9.70. The summed E-state index contributed by atoms with van der Waals surface area (Å²) in [4.78, 5) is 4.97. The number of rotatable bonds is 6. The van der Waals surface area contributed by atoms with Crippen molar-refractivity contribution in [3.8, 4) is 0 Å². The molecule has 1 aromatic rings. The van der Waals surface area contributed by atoms with E-state index in [2.05, 4.69) is 23.6 Å². The van der Waals surface area contributed by atoms with E-state index in [1.54, 1.807) is 0 Å². The molecule has 0 spiro atoms. The van der Waals surface area contributed by atoms with Crippen LogP contribution < -0.4 is 0 Å². The number of hydrogen-bond acceptors (Lipinski definition) is 3. The smallest absolute Gasteiger partial charge is 0.0917 e. The van der Waals surface area contributed by atoms with Gasteiger partial charge >= 0.3 is 0 Å². The van der Waals surface area contributed by atoms with E-state index in [0.29, 0.717) is 6.04 Å². The summed E-state index contributed by atoms with van der Waals surface area (Å²) in [5.74, 6) is 0. The van der Waals surface area contributed by atoms with Crippen LogP contribution in [0.5, 0.6) is 0 Å². The summed E-state index contributed by atoms with van der Waals surface area (Å²) in [5.41, 5.74) is 1.02. The van der Waals surface area contributed by atoms with Gasteiger partial charge in [-0.05, 0) is 25.5 Å². The van der Waals surface area contributed by atoms with Crippen LogP contribution in [0.4, 0.5) is 0 Å². The highest BCUT2D eigenvalue weighted by molar-refractivity contribution is 5.17. The highest BCUT2D eigenvalue weighted by Crippen LogP contribution is 2.17. The third kappa shape index (κ3) is 4.30. The highest BCUT2D eigenvalue weighted by atomic mass is 16.3. The topological polar surface area (TPSA) is 26.7 Å². The third-order valence-electron chi connectivity index (χ3n) is 4.27. The zero-order valence-electron chi connectivity index (χ0n) is 12.8. The standard InChI is InChI=1S/C17H28N2O/c1-3-4-10-18-11-12-19(15(2)13-18)14-17(20)16-8-6-5-7-9-16/h5-9,15,17,20H,3-4,10-14H2,1-2H3/t15-,17-/m0/s1. The summed E-state index contributed by atoms with van der Waals surface area (Å²) >= 11 is 0. The minimum atomic E-state index is -0.374. The number of hydrogen-bond donors (Lipinski definition) is 1. The molecular weight excluding hydrogens is 248 g/mol. The maximum atomic E-state index is 10.3. The van der Waals surface area contributed by atoms with Crippen molar-refractivity contribution >= 4 is 0 Å². The molecular formula is C17H28N2O.